The molecule has 4 nitrogen and oxygen atoms in total. The fraction of sp³-hybridized carbons (Fsp3) is 0.650. The highest BCUT2D eigenvalue weighted by atomic mass is 19.1. The van der Waals surface area contributed by atoms with E-state index in [9.17, 15) is 14.3 Å². The Labute approximate surface area is 148 Å². The second-order valence-corrected chi connectivity index (χ2v) is 7.93. The number of carbonyl (C=O) groups is 1. The Bertz CT molecular complexity index is 607. The lowest BCUT2D eigenvalue weighted by Gasteiger charge is -2.43. The molecule has 1 aromatic carbocycles. The largest absolute Gasteiger partial charge is 0.396 e. The summed E-state index contributed by atoms with van der Waals surface area (Å²) < 4.78 is 13.2. The number of hydrogen-bond acceptors (Lipinski definition) is 2. The number of urea groups is 1. The lowest BCUT2D eigenvalue weighted by Crippen LogP contribution is -2.54. The first-order chi connectivity index (χ1) is 12.2. The van der Waals surface area contributed by atoms with Gasteiger partial charge < -0.3 is 14.9 Å². The molecule has 4 rings (SSSR count). The van der Waals surface area contributed by atoms with Gasteiger partial charge in [0.25, 0.3) is 0 Å². The van der Waals surface area contributed by atoms with E-state index >= 15 is 0 Å². The third kappa shape index (κ3) is 3.26. The molecule has 1 unspecified atom stereocenters. The molecule has 3 saturated heterocycles. The van der Waals surface area contributed by atoms with Crippen LogP contribution in [0.4, 0.5) is 9.18 Å². The highest BCUT2D eigenvalue weighted by molar-refractivity contribution is 5.76. The van der Waals surface area contributed by atoms with Crippen LogP contribution in [0.5, 0.6) is 0 Å². The Morgan fingerprint density at radius 1 is 1.12 bits per heavy atom. The van der Waals surface area contributed by atoms with Gasteiger partial charge in [0.1, 0.15) is 5.82 Å². The van der Waals surface area contributed by atoms with E-state index in [1.54, 1.807) is 0 Å². The van der Waals surface area contributed by atoms with Gasteiger partial charge in [0.15, 0.2) is 0 Å². The molecule has 1 N–H and O–H groups in total. The highest BCUT2D eigenvalue weighted by Gasteiger charge is 2.45. The van der Waals surface area contributed by atoms with E-state index in [-0.39, 0.29) is 24.4 Å². The molecule has 2 amide bonds. The number of rotatable bonds is 2. The number of likely N-dealkylation sites (tertiary alicyclic amines) is 1. The minimum Gasteiger partial charge on any atom is -0.396 e. The van der Waals surface area contributed by atoms with E-state index < -0.39 is 0 Å². The molecule has 136 valence electrons. The number of halogens is 1. The Hall–Kier alpha value is -1.62. The topological polar surface area (TPSA) is 43.8 Å². The van der Waals surface area contributed by atoms with Crippen molar-refractivity contribution in [3.63, 3.8) is 0 Å². The van der Waals surface area contributed by atoms with Crippen molar-refractivity contribution in [3.8, 4) is 0 Å². The molecular formula is C20H27FN2O2. The second kappa shape index (κ2) is 6.94. The van der Waals surface area contributed by atoms with E-state index in [4.69, 9.17) is 0 Å². The van der Waals surface area contributed by atoms with E-state index in [0.717, 1.165) is 45.1 Å². The van der Waals surface area contributed by atoms with E-state index in [2.05, 4.69) is 4.90 Å². The Kier molecular flexibility index (Phi) is 4.67. The van der Waals surface area contributed by atoms with Crippen LogP contribution in [-0.4, -0.2) is 52.7 Å². The minimum atomic E-state index is -0.192. The van der Waals surface area contributed by atoms with Gasteiger partial charge in [-0.15, -0.1) is 0 Å². The van der Waals surface area contributed by atoms with Gasteiger partial charge in [-0.05, 0) is 68.1 Å². The van der Waals surface area contributed by atoms with Crippen LogP contribution in [0.1, 0.15) is 50.0 Å². The first-order valence-corrected chi connectivity index (χ1v) is 9.59. The smallest absolute Gasteiger partial charge is 0.320 e. The third-order valence-electron chi connectivity index (χ3n) is 6.34. The van der Waals surface area contributed by atoms with E-state index in [0.29, 0.717) is 24.5 Å². The lowest BCUT2D eigenvalue weighted by molar-refractivity contribution is 0.0792. The van der Waals surface area contributed by atoms with Gasteiger partial charge in [0.2, 0.25) is 0 Å². The molecule has 3 heterocycles. The summed E-state index contributed by atoms with van der Waals surface area (Å²) in [5, 5.41) is 9.42. The summed E-state index contributed by atoms with van der Waals surface area (Å²) in [6.45, 7) is 1.67. The maximum Gasteiger partial charge on any atom is 0.320 e. The Morgan fingerprint density at radius 3 is 2.44 bits per heavy atom. The predicted molar refractivity (Wildman–Crippen MR) is 93.8 cm³/mol. The zero-order chi connectivity index (χ0) is 17.4. The first kappa shape index (κ1) is 16.8. The summed E-state index contributed by atoms with van der Waals surface area (Å²) in [5.74, 6) is 0.462. The van der Waals surface area contributed by atoms with Gasteiger partial charge in [-0.2, -0.15) is 0 Å². The van der Waals surface area contributed by atoms with Crippen molar-refractivity contribution in [2.45, 2.75) is 56.5 Å². The fourth-order valence-corrected chi connectivity index (χ4v) is 5.05. The number of amides is 2. The molecule has 25 heavy (non-hydrogen) atoms. The second-order valence-electron chi connectivity index (χ2n) is 7.93. The third-order valence-corrected chi connectivity index (χ3v) is 6.34. The van der Waals surface area contributed by atoms with Gasteiger partial charge in [0, 0.05) is 31.8 Å². The molecule has 0 spiro atoms. The standard InChI is InChI=1S/C20H27FN2O2/c21-17-5-3-15(4-6-17)16-10-18-7-8-19(11-16)23(18)20(25)22-9-1-2-14(12-22)13-24/h3-6,14,16,18-19,24H,1-2,7-13H2/t14?,16-,18+,19-. The van der Waals surface area contributed by atoms with Crippen LogP contribution in [0, 0.1) is 11.7 Å². The van der Waals surface area contributed by atoms with Gasteiger partial charge in [-0.25, -0.2) is 9.18 Å². The summed E-state index contributed by atoms with van der Waals surface area (Å²) in [5.41, 5.74) is 1.20. The summed E-state index contributed by atoms with van der Waals surface area (Å²) >= 11 is 0. The van der Waals surface area contributed by atoms with Crippen LogP contribution in [0.25, 0.3) is 0 Å². The van der Waals surface area contributed by atoms with Crippen LogP contribution in [0.15, 0.2) is 24.3 Å². The monoisotopic (exact) mass is 346 g/mol. The van der Waals surface area contributed by atoms with Crippen molar-refractivity contribution in [3.05, 3.63) is 35.6 Å². The molecule has 3 aliphatic heterocycles. The molecule has 5 heteroatoms. The number of piperidine rings is 2. The van der Waals surface area contributed by atoms with Crippen molar-refractivity contribution >= 4 is 6.03 Å². The van der Waals surface area contributed by atoms with Crippen LogP contribution < -0.4 is 0 Å². The lowest BCUT2D eigenvalue weighted by atomic mass is 9.85. The molecule has 0 aliphatic carbocycles. The molecule has 3 aliphatic rings. The average molecular weight is 346 g/mol. The molecule has 0 aromatic heterocycles. The fourth-order valence-electron chi connectivity index (χ4n) is 5.05. The van der Waals surface area contributed by atoms with Crippen molar-refractivity contribution in [1.29, 1.82) is 0 Å². The maximum absolute atomic E-state index is 13.2. The number of carbonyl (C=O) groups excluding carboxylic acids is 1. The minimum absolute atomic E-state index is 0.170. The van der Waals surface area contributed by atoms with E-state index in [1.807, 2.05) is 17.0 Å². The van der Waals surface area contributed by atoms with Gasteiger partial charge in [0.05, 0.1) is 0 Å². The maximum atomic E-state index is 13.2. The molecule has 4 atom stereocenters. The SMILES string of the molecule is O=C(N1CCCC(CO)C1)N1[C@@H]2CC[C@H]1C[C@@H](c1ccc(F)cc1)C2. The van der Waals surface area contributed by atoms with Gasteiger partial charge in [-0.1, -0.05) is 12.1 Å². The summed E-state index contributed by atoms with van der Waals surface area (Å²) in [6.07, 6.45) is 6.10. The Morgan fingerprint density at radius 2 is 1.80 bits per heavy atom. The number of nitrogens with zero attached hydrogens (tertiary/aromatic N) is 2. The molecule has 0 radical (unpaired) electrons. The zero-order valence-electron chi connectivity index (χ0n) is 14.6. The molecule has 1 aromatic rings. The molecule has 3 fully saturated rings. The van der Waals surface area contributed by atoms with Crippen molar-refractivity contribution in [2.75, 3.05) is 19.7 Å². The number of fused-ring (bicyclic) bond motifs is 2. The zero-order valence-corrected chi connectivity index (χ0v) is 14.6. The van der Waals surface area contributed by atoms with Crippen LogP contribution >= 0.6 is 0 Å². The Balaban J connectivity index is 1.45. The number of hydrogen-bond donors (Lipinski definition) is 1. The van der Waals surface area contributed by atoms with Gasteiger partial charge in [-0.3, -0.25) is 0 Å². The first-order valence-electron chi connectivity index (χ1n) is 9.59. The normalized spacial score (nSPS) is 32.1. The summed E-state index contributed by atoms with van der Waals surface area (Å²) in [4.78, 5) is 17.2. The van der Waals surface area contributed by atoms with Crippen molar-refractivity contribution < 1.29 is 14.3 Å². The molecule has 0 saturated carbocycles. The van der Waals surface area contributed by atoms with Gasteiger partial charge >= 0.3 is 6.03 Å². The average Bonchev–Trinajstić information content (AvgIpc) is 2.91. The van der Waals surface area contributed by atoms with Crippen LogP contribution in [0.2, 0.25) is 0 Å². The number of aliphatic hydroxyl groups excluding tert-OH is 1. The van der Waals surface area contributed by atoms with Crippen molar-refractivity contribution in [2.24, 2.45) is 5.92 Å². The summed E-state index contributed by atoms with van der Waals surface area (Å²) in [6, 6.07) is 7.64. The number of aliphatic hydroxyl groups is 1. The summed E-state index contributed by atoms with van der Waals surface area (Å²) in [7, 11) is 0. The number of benzene rings is 1. The van der Waals surface area contributed by atoms with Crippen molar-refractivity contribution in [1.82, 2.24) is 9.80 Å². The van der Waals surface area contributed by atoms with E-state index in [1.165, 1.54) is 17.7 Å². The molecular weight excluding hydrogens is 319 g/mol. The van der Waals surface area contributed by atoms with Crippen LogP contribution in [-0.2, 0) is 0 Å². The molecule has 2 bridgehead atoms. The quantitative estimate of drug-likeness (QED) is 0.892. The van der Waals surface area contributed by atoms with Crippen LogP contribution in [0.3, 0.4) is 0 Å². The predicted octanol–water partition coefficient (Wildman–Crippen LogP) is 3.36. The highest BCUT2D eigenvalue weighted by Crippen LogP contribution is 2.43.